The van der Waals surface area contributed by atoms with E-state index in [1.54, 1.807) is 17.4 Å². The molecule has 0 unspecified atom stereocenters. The first-order valence-corrected chi connectivity index (χ1v) is 11.2. The molecule has 2 N–H and O–H groups in total. The predicted molar refractivity (Wildman–Crippen MR) is 119 cm³/mol. The van der Waals surface area contributed by atoms with Crippen LogP contribution in [0.15, 0.2) is 60.5 Å². The molecule has 3 atom stereocenters. The molecule has 1 aliphatic carbocycles. The van der Waals surface area contributed by atoms with Crippen molar-refractivity contribution in [3.8, 4) is 0 Å². The molecule has 1 saturated heterocycles. The van der Waals surface area contributed by atoms with Gasteiger partial charge in [-0.2, -0.15) is 0 Å². The fourth-order valence-corrected chi connectivity index (χ4v) is 5.02. The first-order valence-electron chi connectivity index (χ1n) is 10.4. The van der Waals surface area contributed by atoms with E-state index < -0.39 is 6.10 Å². The highest BCUT2D eigenvalue weighted by Crippen LogP contribution is 2.34. The molecule has 2 heterocycles. The van der Waals surface area contributed by atoms with Gasteiger partial charge in [-0.25, -0.2) is 4.39 Å². The van der Waals surface area contributed by atoms with Crippen LogP contribution in [-0.2, 0) is 11.2 Å². The molecule has 0 radical (unpaired) electrons. The summed E-state index contributed by atoms with van der Waals surface area (Å²) in [5.74, 6) is -0.121. The molecule has 1 fully saturated rings. The molecule has 1 aromatic heterocycles. The third kappa shape index (κ3) is 4.98. The molecule has 30 heavy (non-hydrogen) atoms. The van der Waals surface area contributed by atoms with Gasteiger partial charge in [-0.3, -0.25) is 0 Å². The van der Waals surface area contributed by atoms with E-state index in [0.717, 1.165) is 22.4 Å². The standard InChI is InChI=1S/C25H27FO3S/c1-16-5-6-18(24-14-21(28)13-22(15-27)29-24)11-19(16)12-23-9-10-25(30-23)17-3-2-4-20(26)8-7-17/h2-3,5-11,21-22,24,27-28H,4,12-15H2,1H3/t21-,22-,24+/m0/s1. The minimum absolute atomic E-state index is 0.0758. The molecule has 2 aliphatic rings. The van der Waals surface area contributed by atoms with Crippen LogP contribution >= 0.6 is 11.3 Å². The summed E-state index contributed by atoms with van der Waals surface area (Å²) >= 11 is 1.72. The molecule has 5 heteroatoms. The Balaban J connectivity index is 1.53. The van der Waals surface area contributed by atoms with Gasteiger partial charge < -0.3 is 14.9 Å². The highest BCUT2D eigenvalue weighted by molar-refractivity contribution is 7.13. The zero-order valence-corrected chi connectivity index (χ0v) is 17.9. The second kappa shape index (κ2) is 9.40. The molecular formula is C25H27FO3S. The van der Waals surface area contributed by atoms with Crippen LogP contribution in [0.4, 0.5) is 4.39 Å². The highest BCUT2D eigenvalue weighted by Gasteiger charge is 2.29. The summed E-state index contributed by atoms with van der Waals surface area (Å²) in [4.78, 5) is 2.37. The summed E-state index contributed by atoms with van der Waals surface area (Å²) < 4.78 is 19.4. The molecule has 1 aromatic carbocycles. The van der Waals surface area contributed by atoms with Crippen LogP contribution < -0.4 is 0 Å². The Kier molecular flexibility index (Phi) is 6.64. The van der Waals surface area contributed by atoms with Crippen molar-refractivity contribution in [2.75, 3.05) is 6.61 Å². The van der Waals surface area contributed by atoms with E-state index in [1.165, 1.54) is 16.0 Å². The van der Waals surface area contributed by atoms with Crippen molar-refractivity contribution in [3.05, 3.63) is 86.9 Å². The first-order chi connectivity index (χ1) is 14.5. The van der Waals surface area contributed by atoms with E-state index in [4.69, 9.17) is 4.74 Å². The average molecular weight is 427 g/mol. The van der Waals surface area contributed by atoms with Crippen molar-refractivity contribution in [2.45, 2.75) is 50.9 Å². The SMILES string of the molecule is Cc1ccc([C@H]2C[C@@H](O)C[C@@H](CO)O2)cc1Cc1ccc(C2=CC=C(F)CC=C2)s1. The quantitative estimate of drug-likeness (QED) is 0.671. The topological polar surface area (TPSA) is 49.7 Å². The van der Waals surface area contributed by atoms with Crippen molar-refractivity contribution in [1.29, 1.82) is 0 Å². The van der Waals surface area contributed by atoms with Gasteiger partial charge in [-0.15, -0.1) is 11.3 Å². The lowest BCUT2D eigenvalue weighted by molar-refractivity contribution is -0.113. The molecule has 158 valence electrons. The Hall–Kier alpha value is -2.05. The molecular weight excluding hydrogens is 399 g/mol. The van der Waals surface area contributed by atoms with Crippen LogP contribution in [0.3, 0.4) is 0 Å². The van der Waals surface area contributed by atoms with E-state index >= 15 is 0 Å². The second-order valence-electron chi connectivity index (χ2n) is 8.03. The van der Waals surface area contributed by atoms with Gasteiger partial charge in [0.2, 0.25) is 0 Å². The van der Waals surface area contributed by atoms with Gasteiger partial charge in [-0.05, 0) is 47.4 Å². The summed E-state index contributed by atoms with van der Waals surface area (Å²) in [6.45, 7) is 2.03. The van der Waals surface area contributed by atoms with Crippen molar-refractivity contribution >= 4 is 16.9 Å². The second-order valence-corrected chi connectivity index (χ2v) is 9.19. The lowest BCUT2D eigenvalue weighted by Crippen LogP contribution is -2.33. The van der Waals surface area contributed by atoms with Crippen LogP contribution in [-0.4, -0.2) is 29.0 Å². The molecule has 2 aromatic rings. The summed E-state index contributed by atoms with van der Waals surface area (Å²) in [7, 11) is 0. The maximum Gasteiger partial charge on any atom is 0.104 e. The van der Waals surface area contributed by atoms with Crippen molar-refractivity contribution in [3.63, 3.8) is 0 Å². The normalized spacial score (nSPS) is 24.3. The fraction of sp³-hybridized carbons (Fsp3) is 0.360. The Bertz CT molecular complexity index is 988. The largest absolute Gasteiger partial charge is 0.394 e. The monoisotopic (exact) mass is 426 g/mol. The third-order valence-corrected chi connectivity index (χ3v) is 6.83. The van der Waals surface area contributed by atoms with Gasteiger partial charge in [0.25, 0.3) is 0 Å². The minimum atomic E-state index is -0.453. The number of hydrogen-bond acceptors (Lipinski definition) is 4. The fourth-order valence-electron chi connectivity index (χ4n) is 3.99. The Morgan fingerprint density at radius 1 is 1.17 bits per heavy atom. The number of aliphatic hydroxyl groups excluding tert-OH is 2. The Morgan fingerprint density at radius 3 is 2.87 bits per heavy atom. The van der Waals surface area contributed by atoms with Gasteiger partial charge in [0.1, 0.15) is 5.83 Å². The Labute approximate surface area is 180 Å². The predicted octanol–water partition coefficient (Wildman–Crippen LogP) is 5.42. The van der Waals surface area contributed by atoms with Crippen LogP contribution in [0.1, 0.15) is 51.8 Å². The third-order valence-electron chi connectivity index (χ3n) is 5.69. The number of allylic oxidation sites excluding steroid dienone is 6. The zero-order chi connectivity index (χ0) is 21.1. The van der Waals surface area contributed by atoms with E-state index in [9.17, 15) is 14.6 Å². The van der Waals surface area contributed by atoms with E-state index in [-0.39, 0.29) is 24.6 Å². The molecule has 3 nitrogen and oxygen atoms in total. The number of aliphatic hydroxyl groups is 2. The average Bonchev–Trinajstić information content (AvgIpc) is 3.09. The summed E-state index contributed by atoms with van der Waals surface area (Å²) in [6, 6.07) is 10.5. The van der Waals surface area contributed by atoms with Gasteiger partial charge in [0, 0.05) is 35.4 Å². The lowest BCUT2D eigenvalue weighted by Gasteiger charge is -2.32. The maximum atomic E-state index is 13.5. The van der Waals surface area contributed by atoms with Crippen molar-refractivity contribution in [1.82, 2.24) is 0 Å². The summed E-state index contributed by atoms with van der Waals surface area (Å²) in [6.07, 6.45) is 8.43. The van der Waals surface area contributed by atoms with Crippen LogP contribution in [0.5, 0.6) is 0 Å². The van der Waals surface area contributed by atoms with Gasteiger partial charge in [-0.1, -0.05) is 36.4 Å². The van der Waals surface area contributed by atoms with E-state index in [1.807, 2.05) is 18.2 Å². The summed E-state index contributed by atoms with van der Waals surface area (Å²) in [5, 5.41) is 19.6. The number of rotatable bonds is 5. The maximum absolute atomic E-state index is 13.5. The number of thiophene rings is 1. The van der Waals surface area contributed by atoms with Crippen molar-refractivity contribution < 1.29 is 19.3 Å². The van der Waals surface area contributed by atoms with Gasteiger partial charge >= 0.3 is 0 Å². The van der Waals surface area contributed by atoms with Crippen LogP contribution in [0.25, 0.3) is 5.57 Å². The zero-order valence-electron chi connectivity index (χ0n) is 17.1. The highest BCUT2D eigenvalue weighted by atomic mass is 32.1. The van der Waals surface area contributed by atoms with Crippen molar-refractivity contribution in [2.24, 2.45) is 0 Å². The van der Waals surface area contributed by atoms with E-state index in [0.29, 0.717) is 19.3 Å². The molecule has 0 saturated carbocycles. The van der Waals surface area contributed by atoms with Gasteiger partial charge in [0.05, 0.1) is 24.9 Å². The number of benzene rings is 1. The lowest BCUT2D eigenvalue weighted by atomic mass is 9.93. The number of aryl methyl sites for hydroxylation is 1. The molecule has 1 aliphatic heterocycles. The van der Waals surface area contributed by atoms with Gasteiger partial charge in [0.15, 0.2) is 0 Å². The number of halogens is 1. The Morgan fingerprint density at radius 2 is 2.03 bits per heavy atom. The number of hydrogen-bond donors (Lipinski definition) is 2. The minimum Gasteiger partial charge on any atom is -0.394 e. The van der Waals surface area contributed by atoms with Crippen LogP contribution in [0, 0.1) is 6.92 Å². The van der Waals surface area contributed by atoms with E-state index in [2.05, 4.69) is 37.3 Å². The number of ether oxygens (including phenoxy) is 1. The molecule has 0 bridgehead atoms. The first kappa shape index (κ1) is 21.2. The molecule has 0 spiro atoms. The molecule has 0 amide bonds. The van der Waals surface area contributed by atoms with Crippen LogP contribution in [0.2, 0.25) is 0 Å². The summed E-state index contributed by atoms with van der Waals surface area (Å²) in [5.41, 5.74) is 4.51. The smallest absolute Gasteiger partial charge is 0.104 e. The molecule has 4 rings (SSSR count).